The highest BCUT2D eigenvalue weighted by molar-refractivity contribution is 7.92. The number of nitrogens with one attached hydrogen (secondary N) is 2. The van der Waals surface area contributed by atoms with Crippen LogP contribution in [-0.2, 0) is 16.4 Å². The van der Waals surface area contributed by atoms with Crippen molar-refractivity contribution in [2.45, 2.75) is 13.3 Å². The van der Waals surface area contributed by atoms with Crippen molar-refractivity contribution in [3.63, 3.8) is 0 Å². The number of rotatable bonds is 7. The van der Waals surface area contributed by atoms with Gasteiger partial charge in [0.2, 0.25) is 10.0 Å². The Morgan fingerprint density at radius 3 is 2.14 bits per heavy atom. The van der Waals surface area contributed by atoms with Gasteiger partial charge in [-0.15, -0.1) is 0 Å². The van der Waals surface area contributed by atoms with Crippen LogP contribution in [0.3, 0.4) is 0 Å². The SMILES string of the molecule is CCS(=O)(=O)Nc1ccc(NCCc2ccccc2)cc1. The first-order chi connectivity index (χ1) is 10.1. The highest BCUT2D eigenvalue weighted by Crippen LogP contribution is 2.15. The average molecular weight is 304 g/mol. The second-order valence-electron chi connectivity index (χ2n) is 4.75. The molecule has 0 aliphatic heterocycles. The van der Waals surface area contributed by atoms with Gasteiger partial charge < -0.3 is 5.32 Å². The van der Waals surface area contributed by atoms with Crippen LogP contribution in [0, 0.1) is 0 Å². The first kappa shape index (κ1) is 15.4. The third-order valence-electron chi connectivity index (χ3n) is 3.12. The molecular weight excluding hydrogens is 284 g/mol. The molecule has 2 aromatic rings. The zero-order valence-corrected chi connectivity index (χ0v) is 12.9. The molecule has 0 saturated carbocycles. The van der Waals surface area contributed by atoms with Crippen molar-refractivity contribution in [3.8, 4) is 0 Å². The van der Waals surface area contributed by atoms with E-state index in [1.807, 2.05) is 30.3 Å². The van der Waals surface area contributed by atoms with Gasteiger partial charge >= 0.3 is 0 Å². The summed E-state index contributed by atoms with van der Waals surface area (Å²) in [5.41, 5.74) is 2.85. The van der Waals surface area contributed by atoms with Crippen LogP contribution in [0.4, 0.5) is 11.4 Å². The highest BCUT2D eigenvalue weighted by Gasteiger charge is 2.05. The average Bonchev–Trinajstić information content (AvgIpc) is 2.50. The summed E-state index contributed by atoms with van der Waals surface area (Å²) in [4.78, 5) is 0. The third-order valence-corrected chi connectivity index (χ3v) is 4.43. The van der Waals surface area contributed by atoms with E-state index in [0.717, 1.165) is 18.7 Å². The van der Waals surface area contributed by atoms with Crippen molar-refractivity contribution in [1.29, 1.82) is 0 Å². The zero-order chi connectivity index (χ0) is 15.1. The van der Waals surface area contributed by atoms with Gasteiger partial charge in [-0.2, -0.15) is 0 Å². The maximum absolute atomic E-state index is 11.5. The Morgan fingerprint density at radius 1 is 0.905 bits per heavy atom. The van der Waals surface area contributed by atoms with Crippen LogP contribution < -0.4 is 10.0 Å². The topological polar surface area (TPSA) is 58.2 Å². The molecule has 0 heterocycles. The molecule has 0 unspecified atom stereocenters. The van der Waals surface area contributed by atoms with E-state index in [9.17, 15) is 8.42 Å². The molecule has 2 aromatic carbocycles. The van der Waals surface area contributed by atoms with Crippen molar-refractivity contribution in [3.05, 3.63) is 60.2 Å². The molecule has 0 fully saturated rings. The lowest BCUT2D eigenvalue weighted by Crippen LogP contribution is -2.14. The van der Waals surface area contributed by atoms with Gasteiger partial charge in [-0.25, -0.2) is 8.42 Å². The first-order valence-corrected chi connectivity index (χ1v) is 8.62. The van der Waals surface area contributed by atoms with E-state index in [1.165, 1.54) is 5.56 Å². The van der Waals surface area contributed by atoms with Crippen molar-refractivity contribution in [2.75, 3.05) is 22.3 Å². The van der Waals surface area contributed by atoms with Gasteiger partial charge in [0.1, 0.15) is 0 Å². The fraction of sp³-hybridized carbons (Fsp3) is 0.250. The fourth-order valence-electron chi connectivity index (χ4n) is 1.90. The largest absolute Gasteiger partial charge is 0.385 e. The molecule has 5 heteroatoms. The van der Waals surface area contributed by atoms with Gasteiger partial charge in [-0.3, -0.25) is 4.72 Å². The summed E-state index contributed by atoms with van der Waals surface area (Å²) >= 11 is 0. The van der Waals surface area contributed by atoms with Gasteiger partial charge in [-0.1, -0.05) is 30.3 Å². The molecule has 4 nitrogen and oxygen atoms in total. The van der Waals surface area contributed by atoms with Crippen LogP contribution in [0.5, 0.6) is 0 Å². The van der Waals surface area contributed by atoms with E-state index < -0.39 is 10.0 Å². The van der Waals surface area contributed by atoms with E-state index in [0.29, 0.717) is 5.69 Å². The van der Waals surface area contributed by atoms with Crippen molar-refractivity contribution < 1.29 is 8.42 Å². The molecule has 0 amide bonds. The molecule has 0 radical (unpaired) electrons. The standard InChI is InChI=1S/C16H20N2O2S/c1-2-21(19,20)18-16-10-8-15(9-11-16)17-13-12-14-6-4-3-5-7-14/h3-11,17-18H,2,12-13H2,1H3. The second kappa shape index (κ2) is 7.13. The van der Waals surface area contributed by atoms with Gasteiger partial charge in [-0.05, 0) is 43.2 Å². The summed E-state index contributed by atoms with van der Waals surface area (Å²) in [5.74, 6) is 0.0735. The summed E-state index contributed by atoms with van der Waals surface area (Å²) in [7, 11) is -3.21. The van der Waals surface area contributed by atoms with Crippen molar-refractivity contribution in [1.82, 2.24) is 0 Å². The fourth-order valence-corrected chi connectivity index (χ4v) is 2.54. The van der Waals surface area contributed by atoms with Crippen LogP contribution in [0.2, 0.25) is 0 Å². The normalized spacial score (nSPS) is 11.1. The minimum absolute atomic E-state index is 0.0735. The number of hydrogen-bond acceptors (Lipinski definition) is 3. The lowest BCUT2D eigenvalue weighted by Gasteiger charge is -2.09. The van der Waals surface area contributed by atoms with Gasteiger partial charge in [0.05, 0.1) is 5.75 Å². The Kier molecular flexibility index (Phi) is 5.22. The maximum atomic E-state index is 11.5. The molecule has 0 spiro atoms. The Labute approximate surface area is 126 Å². The van der Waals surface area contributed by atoms with E-state index in [2.05, 4.69) is 22.2 Å². The predicted octanol–water partition coefficient (Wildman–Crippen LogP) is 3.10. The van der Waals surface area contributed by atoms with Crippen LogP contribution in [0.1, 0.15) is 12.5 Å². The molecule has 0 aliphatic rings. The Morgan fingerprint density at radius 2 is 1.52 bits per heavy atom. The van der Waals surface area contributed by atoms with Gasteiger partial charge in [0.15, 0.2) is 0 Å². The van der Waals surface area contributed by atoms with Crippen LogP contribution in [0.25, 0.3) is 0 Å². The highest BCUT2D eigenvalue weighted by atomic mass is 32.2. The second-order valence-corrected chi connectivity index (χ2v) is 6.76. The predicted molar refractivity (Wildman–Crippen MR) is 88.2 cm³/mol. The lowest BCUT2D eigenvalue weighted by molar-refractivity contribution is 0.602. The molecule has 0 aromatic heterocycles. The number of anilines is 2. The molecule has 2 rings (SSSR count). The van der Waals surface area contributed by atoms with Crippen molar-refractivity contribution >= 4 is 21.4 Å². The number of sulfonamides is 1. The zero-order valence-electron chi connectivity index (χ0n) is 12.0. The summed E-state index contributed by atoms with van der Waals surface area (Å²) in [5, 5.41) is 3.32. The maximum Gasteiger partial charge on any atom is 0.232 e. The van der Waals surface area contributed by atoms with E-state index in [1.54, 1.807) is 19.1 Å². The third kappa shape index (κ3) is 5.11. The molecule has 21 heavy (non-hydrogen) atoms. The Bertz CT molecular complexity index is 652. The summed E-state index contributed by atoms with van der Waals surface area (Å²) < 4.78 is 25.4. The minimum atomic E-state index is -3.21. The number of benzene rings is 2. The van der Waals surface area contributed by atoms with Gasteiger partial charge in [0.25, 0.3) is 0 Å². The molecular formula is C16H20N2O2S. The van der Waals surface area contributed by atoms with Crippen LogP contribution >= 0.6 is 0 Å². The number of hydrogen-bond donors (Lipinski definition) is 2. The van der Waals surface area contributed by atoms with E-state index in [-0.39, 0.29) is 5.75 Å². The van der Waals surface area contributed by atoms with E-state index in [4.69, 9.17) is 0 Å². The molecule has 112 valence electrons. The molecule has 2 N–H and O–H groups in total. The molecule has 0 aliphatic carbocycles. The van der Waals surface area contributed by atoms with Crippen LogP contribution in [-0.4, -0.2) is 20.7 Å². The minimum Gasteiger partial charge on any atom is -0.385 e. The monoisotopic (exact) mass is 304 g/mol. The summed E-state index contributed by atoms with van der Waals surface area (Å²) in [6.07, 6.45) is 0.949. The smallest absolute Gasteiger partial charge is 0.232 e. The molecule has 0 atom stereocenters. The Hall–Kier alpha value is -2.01. The lowest BCUT2D eigenvalue weighted by atomic mass is 10.1. The summed E-state index contributed by atoms with van der Waals surface area (Å²) in [6.45, 7) is 2.45. The first-order valence-electron chi connectivity index (χ1n) is 6.97. The van der Waals surface area contributed by atoms with Gasteiger partial charge in [0, 0.05) is 17.9 Å². The Balaban J connectivity index is 1.85. The summed E-state index contributed by atoms with van der Waals surface area (Å²) in [6, 6.07) is 17.5. The molecule has 0 saturated heterocycles. The van der Waals surface area contributed by atoms with Crippen molar-refractivity contribution in [2.24, 2.45) is 0 Å². The van der Waals surface area contributed by atoms with Crippen LogP contribution in [0.15, 0.2) is 54.6 Å². The quantitative estimate of drug-likeness (QED) is 0.826. The molecule has 0 bridgehead atoms. The van der Waals surface area contributed by atoms with E-state index >= 15 is 0 Å².